The fourth-order valence-corrected chi connectivity index (χ4v) is 3.58. The van der Waals surface area contributed by atoms with Crippen molar-refractivity contribution in [1.82, 2.24) is 9.78 Å². The van der Waals surface area contributed by atoms with Gasteiger partial charge in [0.1, 0.15) is 24.4 Å². The first kappa shape index (κ1) is 20.0. The molecule has 0 aliphatic carbocycles. The molecule has 1 aromatic carbocycles. The highest BCUT2D eigenvalue weighted by molar-refractivity contribution is 5.33. The summed E-state index contributed by atoms with van der Waals surface area (Å²) in [6.45, 7) is 5.44. The van der Waals surface area contributed by atoms with Gasteiger partial charge in [-0.1, -0.05) is 31.2 Å². The van der Waals surface area contributed by atoms with E-state index < -0.39 is 37.3 Å². The zero-order valence-corrected chi connectivity index (χ0v) is 15.9. The van der Waals surface area contributed by atoms with Crippen LogP contribution in [0.15, 0.2) is 24.3 Å². The normalized spacial score (nSPS) is 28.5. The first-order valence-electron chi connectivity index (χ1n) is 9.30. The van der Waals surface area contributed by atoms with Crippen LogP contribution in [0.3, 0.4) is 0 Å². The number of benzene rings is 1. The summed E-state index contributed by atoms with van der Waals surface area (Å²) in [6, 6.07) is 8.43. The molecule has 4 N–H and O–H groups in total. The van der Waals surface area contributed by atoms with Gasteiger partial charge in [0.05, 0.1) is 12.3 Å². The molecule has 7 heteroatoms. The Bertz CT molecular complexity index is 771. The lowest BCUT2D eigenvalue weighted by Crippen LogP contribution is -2.56. The maximum atomic E-state index is 10.4. The van der Waals surface area contributed by atoms with Gasteiger partial charge in [0.15, 0.2) is 6.23 Å². The van der Waals surface area contributed by atoms with E-state index in [0.29, 0.717) is 6.42 Å². The molecule has 5 atom stereocenters. The van der Waals surface area contributed by atoms with Gasteiger partial charge in [0.2, 0.25) is 0 Å². The summed E-state index contributed by atoms with van der Waals surface area (Å²) in [7, 11) is 0. The average Bonchev–Trinajstić information content (AvgIpc) is 2.95. The number of nitrogens with zero attached hydrogens (tertiary/aromatic N) is 2. The van der Waals surface area contributed by atoms with E-state index in [1.165, 1.54) is 10.2 Å². The van der Waals surface area contributed by atoms with Gasteiger partial charge in [-0.05, 0) is 31.4 Å². The number of ether oxygens (including phenoxy) is 1. The zero-order chi connectivity index (χ0) is 19.7. The number of aromatic nitrogens is 2. The lowest BCUT2D eigenvalue weighted by Gasteiger charge is -2.40. The molecule has 1 aliphatic rings. The molecule has 2 aromatic rings. The number of hydrogen-bond donors (Lipinski definition) is 4. The zero-order valence-electron chi connectivity index (χ0n) is 15.9. The molecule has 27 heavy (non-hydrogen) atoms. The molecule has 1 saturated heterocycles. The molecule has 0 saturated carbocycles. The van der Waals surface area contributed by atoms with E-state index >= 15 is 0 Å². The molecule has 0 spiro atoms. The SMILES string of the molecule is CCc1ccc(Cc2c(C)nn(C3O[C@H](CO)[C@@H](O)[C@H](O)[C@H]3O)c2C)cc1. The van der Waals surface area contributed by atoms with Crippen molar-refractivity contribution in [2.45, 2.75) is 64.3 Å². The Morgan fingerprint density at radius 1 is 1.00 bits per heavy atom. The Kier molecular flexibility index (Phi) is 5.98. The molecule has 0 bridgehead atoms. The predicted octanol–water partition coefficient (Wildman–Crippen LogP) is 0.626. The third-order valence-corrected chi connectivity index (χ3v) is 5.40. The maximum absolute atomic E-state index is 10.4. The average molecular weight is 376 g/mol. The van der Waals surface area contributed by atoms with Crippen molar-refractivity contribution in [2.75, 3.05) is 6.61 Å². The van der Waals surface area contributed by atoms with Gasteiger partial charge in [-0.15, -0.1) is 0 Å². The first-order valence-corrected chi connectivity index (χ1v) is 9.30. The van der Waals surface area contributed by atoms with E-state index in [4.69, 9.17) is 4.74 Å². The largest absolute Gasteiger partial charge is 0.394 e. The van der Waals surface area contributed by atoms with Gasteiger partial charge < -0.3 is 25.2 Å². The minimum atomic E-state index is -1.42. The molecular formula is C20H28N2O5. The number of hydrogen-bond acceptors (Lipinski definition) is 6. The Labute approximate surface area is 158 Å². The molecule has 1 aromatic heterocycles. The second-order valence-corrected chi connectivity index (χ2v) is 7.16. The molecule has 0 amide bonds. The summed E-state index contributed by atoms with van der Waals surface area (Å²) in [5.74, 6) is 0. The summed E-state index contributed by atoms with van der Waals surface area (Å²) < 4.78 is 7.17. The molecule has 3 rings (SSSR count). The van der Waals surface area contributed by atoms with Crippen molar-refractivity contribution in [1.29, 1.82) is 0 Å². The van der Waals surface area contributed by atoms with Crippen molar-refractivity contribution in [3.05, 3.63) is 52.3 Å². The highest BCUT2D eigenvalue weighted by Crippen LogP contribution is 2.31. The fourth-order valence-electron chi connectivity index (χ4n) is 3.58. The van der Waals surface area contributed by atoms with Crippen LogP contribution in [0.1, 0.15) is 41.2 Å². The summed E-state index contributed by atoms with van der Waals surface area (Å²) >= 11 is 0. The Morgan fingerprint density at radius 3 is 2.22 bits per heavy atom. The van der Waals surface area contributed by atoms with Gasteiger partial charge >= 0.3 is 0 Å². The Hall–Kier alpha value is -1.77. The van der Waals surface area contributed by atoms with E-state index in [1.54, 1.807) is 0 Å². The number of aliphatic hydroxyl groups excluding tert-OH is 4. The molecule has 1 unspecified atom stereocenters. The minimum absolute atomic E-state index is 0.461. The molecular weight excluding hydrogens is 348 g/mol. The van der Waals surface area contributed by atoms with Crippen LogP contribution in [0.5, 0.6) is 0 Å². The van der Waals surface area contributed by atoms with Gasteiger partial charge in [0.25, 0.3) is 0 Å². The van der Waals surface area contributed by atoms with Crippen molar-refractivity contribution in [3.8, 4) is 0 Å². The van der Waals surface area contributed by atoms with Gasteiger partial charge in [-0.3, -0.25) is 0 Å². The van der Waals surface area contributed by atoms with Crippen LogP contribution in [-0.4, -0.2) is 61.2 Å². The van der Waals surface area contributed by atoms with E-state index in [-0.39, 0.29) is 0 Å². The fraction of sp³-hybridized carbons (Fsp3) is 0.550. The van der Waals surface area contributed by atoms with Crippen LogP contribution in [0.2, 0.25) is 0 Å². The van der Waals surface area contributed by atoms with E-state index in [9.17, 15) is 20.4 Å². The number of rotatable bonds is 5. The monoisotopic (exact) mass is 376 g/mol. The summed E-state index contributed by atoms with van der Waals surface area (Å²) in [5.41, 5.74) is 5.09. The van der Waals surface area contributed by atoms with Crippen LogP contribution >= 0.6 is 0 Å². The first-order chi connectivity index (χ1) is 12.9. The Balaban J connectivity index is 1.88. The summed E-state index contributed by atoms with van der Waals surface area (Å²) in [6.07, 6.45) is -4.40. The lowest BCUT2D eigenvalue weighted by molar-refractivity contribution is -0.254. The topological polar surface area (TPSA) is 108 Å². The van der Waals surface area contributed by atoms with Crippen LogP contribution in [-0.2, 0) is 17.6 Å². The van der Waals surface area contributed by atoms with Crippen LogP contribution in [0, 0.1) is 13.8 Å². The standard InChI is InChI=1S/C20H28N2O5/c1-4-13-5-7-14(8-6-13)9-15-11(2)21-22(12(15)3)20-19(26)18(25)17(24)16(10-23)27-20/h5-8,16-20,23-26H,4,9-10H2,1-3H3/t16-,17-,18+,19-,20?/m1/s1. The van der Waals surface area contributed by atoms with Crippen molar-refractivity contribution in [2.24, 2.45) is 0 Å². The predicted molar refractivity (Wildman–Crippen MR) is 99.3 cm³/mol. The molecule has 2 heterocycles. The van der Waals surface area contributed by atoms with Crippen molar-refractivity contribution in [3.63, 3.8) is 0 Å². The quantitative estimate of drug-likeness (QED) is 0.610. The number of aliphatic hydroxyl groups is 4. The second-order valence-electron chi connectivity index (χ2n) is 7.16. The minimum Gasteiger partial charge on any atom is -0.394 e. The van der Waals surface area contributed by atoms with Gasteiger partial charge in [0, 0.05) is 17.7 Å². The number of aryl methyl sites for hydroxylation is 2. The van der Waals surface area contributed by atoms with Gasteiger partial charge in [-0.2, -0.15) is 5.10 Å². The van der Waals surface area contributed by atoms with Crippen LogP contribution < -0.4 is 0 Å². The van der Waals surface area contributed by atoms with Crippen molar-refractivity contribution >= 4 is 0 Å². The highest BCUT2D eigenvalue weighted by Gasteiger charge is 2.45. The Morgan fingerprint density at radius 2 is 1.63 bits per heavy atom. The van der Waals surface area contributed by atoms with Crippen LogP contribution in [0.4, 0.5) is 0 Å². The smallest absolute Gasteiger partial charge is 0.179 e. The summed E-state index contributed by atoms with van der Waals surface area (Å²) in [4.78, 5) is 0. The van der Waals surface area contributed by atoms with Crippen LogP contribution in [0.25, 0.3) is 0 Å². The molecule has 148 valence electrons. The third kappa shape index (κ3) is 3.79. The second kappa shape index (κ2) is 8.08. The molecule has 1 fully saturated rings. The van der Waals surface area contributed by atoms with Crippen molar-refractivity contribution < 1.29 is 25.2 Å². The molecule has 0 radical (unpaired) electrons. The van der Waals surface area contributed by atoms with E-state index in [0.717, 1.165) is 28.9 Å². The summed E-state index contributed by atoms with van der Waals surface area (Å²) in [5, 5.41) is 44.3. The third-order valence-electron chi connectivity index (χ3n) is 5.40. The highest BCUT2D eigenvalue weighted by atomic mass is 16.6. The molecule has 1 aliphatic heterocycles. The lowest BCUT2D eigenvalue weighted by atomic mass is 9.98. The van der Waals surface area contributed by atoms with E-state index in [2.05, 4.69) is 36.3 Å². The van der Waals surface area contributed by atoms with E-state index in [1.807, 2.05) is 13.8 Å². The van der Waals surface area contributed by atoms with Gasteiger partial charge in [-0.25, -0.2) is 4.68 Å². The molecule has 7 nitrogen and oxygen atoms in total. The maximum Gasteiger partial charge on any atom is 0.179 e.